The van der Waals surface area contributed by atoms with Gasteiger partial charge in [0.1, 0.15) is 11.6 Å². The fourth-order valence-electron chi connectivity index (χ4n) is 4.45. The van der Waals surface area contributed by atoms with Gasteiger partial charge in [0.2, 0.25) is 0 Å². The molecule has 0 radical (unpaired) electrons. The van der Waals surface area contributed by atoms with E-state index in [1.54, 1.807) is 37.6 Å². The van der Waals surface area contributed by atoms with Crippen LogP contribution in [0.15, 0.2) is 41.5 Å². The topological polar surface area (TPSA) is 108 Å². The van der Waals surface area contributed by atoms with E-state index < -0.39 is 29.4 Å². The van der Waals surface area contributed by atoms with Crippen LogP contribution in [-0.2, 0) is 22.3 Å². The Hall–Kier alpha value is -3.96. The molecule has 40 heavy (non-hydrogen) atoms. The van der Waals surface area contributed by atoms with Crippen LogP contribution >= 0.6 is 0 Å². The molecule has 5 rings (SSSR count). The molecule has 1 unspecified atom stereocenters. The van der Waals surface area contributed by atoms with Crippen LogP contribution < -0.4 is 5.56 Å². The Balaban J connectivity index is 1.59. The van der Waals surface area contributed by atoms with Crippen molar-refractivity contribution in [3.63, 3.8) is 0 Å². The number of H-pyrrole nitrogens is 1. The van der Waals surface area contributed by atoms with E-state index in [4.69, 9.17) is 9.72 Å². The van der Waals surface area contributed by atoms with Crippen molar-refractivity contribution in [3.8, 4) is 11.4 Å². The third-order valence-electron chi connectivity index (χ3n) is 6.71. The van der Waals surface area contributed by atoms with Crippen LogP contribution in [0, 0.1) is 5.41 Å². The number of imidazole rings is 1. The Kier molecular flexibility index (Phi) is 7.05. The van der Waals surface area contributed by atoms with Crippen LogP contribution in [0.1, 0.15) is 82.5 Å². The molecule has 212 valence electrons. The maximum Gasteiger partial charge on any atom is 0.416 e. The quantitative estimate of drug-likeness (QED) is 0.274. The highest BCUT2D eigenvalue weighted by atomic mass is 19.4. The highest BCUT2D eigenvalue weighted by Gasteiger charge is 2.33. The summed E-state index contributed by atoms with van der Waals surface area (Å²) in [6, 6.07) is 5.06. The van der Waals surface area contributed by atoms with Crippen LogP contribution in [-0.4, -0.2) is 35.3 Å². The number of nitrogens with zero attached hydrogens (tertiary/aromatic N) is 5. The molecular weight excluding hydrogens is 525 g/mol. The minimum absolute atomic E-state index is 0.0895. The average molecular weight is 557 g/mol. The summed E-state index contributed by atoms with van der Waals surface area (Å²) in [6.45, 7) is 7.28. The Morgan fingerprint density at radius 3 is 2.60 bits per heavy atom. The van der Waals surface area contributed by atoms with E-state index in [0.29, 0.717) is 35.6 Å². The zero-order chi connectivity index (χ0) is 28.8. The molecule has 1 fully saturated rings. The van der Waals surface area contributed by atoms with Crippen molar-refractivity contribution in [1.29, 1.82) is 0 Å². The predicted octanol–water partition coefficient (Wildman–Crippen LogP) is 5.82. The Bertz CT molecular complexity index is 1610. The Labute approximate surface area is 228 Å². The van der Waals surface area contributed by atoms with Gasteiger partial charge in [0.15, 0.2) is 17.4 Å². The molecule has 0 aliphatic heterocycles. The van der Waals surface area contributed by atoms with Gasteiger partial charge in [-0.3, -0.25) is 18.8 Å². The molecule has 9 nitrogen and oxygen atoms in total. The molecule has 1 atom stereocenters. The first-order valence-electron chi connectivity index (χ1n) is 13.3. The Morgan fingerprint density at radius 2 is 1.95 bits per heavy atom. The molecule has 1 saturated carbocycles. The zero-order valence-electron chi connectivity index (χ0n) is 22.7. The molecule has 1 N–H and O–H groups in total. The lowest BCUT2D eigenvalue weighted by Crippen LogP contribution is -2.28. The van der Waals surface area contributed by atoms with Gasteiger partial charge in [0, 0.05) is 18.5 Å². The van der Waals surface area contributed by atoms with Gasteiger partial charge in [-0.25, -0.2) is 9.97 Å². The van der Waals surface area contributed by atoms with E-state index in [1.165, 1.54) is 16.9 Å². The summed E-state index contributed by atoms with van der Waals surface area (Å²) in [6.07, 6.45) is 0.826. The predicted molar refractivity (Wildman–Crippen MR) is 141 cm³/mol. The maximum absolute atomic E-state index is 13.3. The molecule has 4 aromatic rings. The molecule has 3 heterocycles. The van der Waals surface area contributed by atoms with Crippen molar-refractivity contribution in [1.82, 2.24) is 29.3 Å². The van der Waals surface area contributed by atoms with E-state index in [9.17, 15) is 22.8 Å². The fraction of sp³-hybridized carbons (Fsp3) is 0.464. The Morgan fingerprint density at radius 1 is 1.20 bits per heavy atom. The second-order valence-electron chi connectivity index (χ2n) is 11.2. The lowest BCUT2D eigenvalue weighted by molar-refractivity contribution is -0.163. The summed E-state index contributed by atoms with van der Waals surface area (Å²) in [5.74, 6) is 0.660. The number of carbonyl (C=O) groups excluding carboxylic acids is 1. The molecule has 12 heteroatoms. The highest BCUT2D eigenvalue weighted by Crippen LogP contribution is 2.38. The van der Waals surface area contributed by atoms with Gasteiger partial charge in [0.05, 0.1) is 29.3 Å². The summed E-state index contributed by atoms with van der Waals surface area (Å²) >= 11 is 0. The number of esters is 1. The van der Waals surface area contributed by atoms with Crippen molar-refractivity contribution in [2.24, 2.45) is 5.41 Å². The number of alkyl halides is 3. The van der Waals surface area contributed by atoms with Gasteiger partial charge in [-0.05, 0) is 51.3 Å². The van der Waals surface area contributed by atoms with Crippen molar-refractivity contribution >= 4 is 17.1 Å². The number of aromatic nitrogens is 6. The van der Waals surface area contributed by atoms with Crippen LogP contribution in [0.3, 0.4) is 0 Å². The van der Waals surface area contributed by atoms with Gasteiger partial charge in [-0.15, -0.1) is 0 Å². The maximum atomic E-state index is 13.3. The number of rotatable bonds is 8. The monoisotopic (exact) mass is 556 g/mol. The minimum Gasteiger partial charge on any atom is -0.441 e. The number of hydrogen-bond donors (Lipinski definition) is 1. The van der Waals surface area contributed by atoms with Crippen LogP contribution in [0.4, 0.5) is 13.2 Å². The second-order valence-corrected chi connectivity index (χ2v) is 11.2. The average Bonchev–Trinajstić information content (AvgIpc) is 3.50. The lowest BCUT2D eigenvalue weighted by Gasteiger charge is -2.25. The fourth-order valence-corrected chi connectivity index (χ4v) is 4.45. The van der Waals surface area contributed by atoms with Crippen LogP contribution in [0.2, 0.25) is 0 Å². The molecule has 1 aromatic carbocycles. The largest absolute Gasteiger partial charge is 0.441 e. The first-order chi connectivity index (χ1) is 18.8. The van der Waals surface area contributed by atoms with Crippen molar-refractivity contribution in [3.05, 3.63) is 64.0 Å². The van der Waals surface area contributed by atoms with Gasteiger partial charge in [-0.1, -0.05) is 25.5 Å². The highest BCUT2D eigenvalue weighted by molar-refractivity contribution is 5.78. The van der Waals surface area contributed by atoms with Crippen molar-refractivity contribution < 1.29 is 22.7 Å². The van der Waals surface area contributed by atoms with Gasteiger partial charge in [0.25, 0.3) is 5.56 Å². The zero-order valence-corrected chi connectivity index (χ0v) is 22.7. The SMILES string of the molecule is CCCC(OC(=O)C(C)(C)C)n1c(-c2cnn(Cc3cccc(C(F)(F)F)c3)c2)nc2nc(C3CC3)[nH]c(=O)c21. The number of ether oxygens (including phenoxy) is 1. The molecule has 0 saturated heterocycles. The van der Waals surface area contributed by atoms with Gasteiger partial charge < -0.3 is 9.72 Å². The summed E-state index contributed by atoms with van der Waals surface area (Å²) in [5.41, 5.74) is -0.543. The second kappa shape index (κ2) is 10.2. The summed E-state index contributed by atoms with van der Waals surface area (Å²) in [4.78, 5) is 38.4. The number of nitrogens with one attached hydrogen (secondary N) is 1. The third kappa shape index (κ3) is 5.66. The van der Waals surface area contributed by atoms with E-state index in [0.717, 1.165) is 25.0 Å². The first-order valence-corrected chi connectivity index (χ1v) is 13.3. The number of hydrogen-bond acceptors (Lipinski definition) is 6. The molecular formula is C28H31F3N6O3. The number of aromatic amines is 1. The van der Waals surface area contributed by atoms with Crippen LogP contribution in [0.5, 0.6) is 0 Å². The van der Waals surface area contributed by atoms with Crippen LogP contribution in [0.25, 0.3) is 22.6 Å². The molecule has 0 bridgehead atoms. The third-order valence-corrected chi connectivity index (χ3v) is 6.71. The minimum atomic E-state index is -4.45. The number of carbonyl (C=O) groups is 1. The van der Waals surface area contributed by atoms with E-state index in [2.05, 4.69) is 15.1 Å². The smallest absolute Gasteiger partial charge is 0.416 e. The van der Waals surface area contributed by atoms with Crippen molar-refractivity contribution in [2.75, 3.05) is 0 Å². The van der Waals surface area contributed by atoms with E-state index >= 15 is 0 Å². The molecule has 0 spiro atoms. The lowest BCUT2D eigenvalue weighted by atomic mass is 9.97. The molecule has 3 aromatic heterocycles. The number of benzene rings is 1. The van der Waals surface area contributed by atoms with E-state index in [-0.39, 0.29) is 29.2 Å². The standard InChI is InChI=1S/C28H31F3N6O3/c1-5-7-20(40-26(39)27(2,3)4)37-21-23(33-22(17-10-11-17)35-25(21)38)34-24(37)18-13-32-36(15-18)14-16-8-6-9-19(12-16)28(29,30)31/h6,8-9,12-13,15,17,20H,5,7,10-11,14H2,1-4H3,(H,33,35,38). The molecule has 1 aliphatic rings. The molecule has 0 amide bonds. The van der Waals surface area contributed by atoms with E-state index in [1.807, 2.05) is 6.92 Å². The normalized spacial score (nSPS) is 15.0. The summed E-state index contributed by atoms with van der Waals surface area (Å²) < 4.78 is 48.6. The van der Waals surface area contributed by atoms with Gasteiger partial charge >= 0.3 is 12.1 Å². The molecule has 1 aliphatic carbocycles. The number of halogens is 3. The van der Waals surface area contributed by atoms with Gasteiger partial charge in [-0.2, -0.15) is 18.3 Å². The first kappa shape index (κ1) is 27.6. The van der Waals surface area contributed by atoms with Crippen molar-refractivity contribution in [2.45, 2.75) is 78.2 Å². The summed E-state index contributed by atoms with van der Waals surface area (Å²) in [5, 5.41) is 4.34. The summed E-state index contributed by atoms with van der Waals surface area (Å²) in [7, 11) is 0. The number of fused-ring (bicyclic) bond motifs is 1.